The molecule has 0 spiro atoms. The van der Waals surface area contributed by atoms with Crippen molar-refractivity contribution in [1.82, 2.24) is 0 Å². The molecule has 1 atom stereocenters. The van der Waals surface area contributed by atoms with Crippen LogP contribution in [0.5, 0.6) is 5.75 Å². The molecule has 0 saturated carbocycles. The number of halogens is 1. The zero-order chi connectivity index (χ0) is 16.4. The van der Waals surface area contributed by atoms with Gasteiger partial charge >= 0.3 is 0 Å². The molecule has 4 heteroatoms. The summed E-state index contributed by atoms with van der Waals surface area (Å²) in [6, 6.07) is 13.5. The summed E-state index contributed by atoms with van der Waals surface area (Å²) in [7, 11) is 0. The molecule has 1 heterocycles. The van der Waals surface area contributed by atoms with Gasteiger partial charge in [0, 0.05) is 17.1 Å². The number of hydrogen-bond acceptors (Lipinski definition) is 3. The Hall–Kier alpha value is -2.00. The van der Waals surface area contributed by atoms with Crippen molar-refractivity contribution in [1.29, 1.82) is 0 Å². The number of ether oxygens (including phenoxy) is 1. The minimum Gasteiger partial charge on any atom is -0.486 e. The molecule has 2 aromatic carbocycles. The van der Waals surface area contributed by atoms with E-state index in [1.165, 1.54) is 0 Å². The van der Waals surface area contributed by atoms with Gasteiger partial charge in [-0.1, -0.05) is 30.7 Å². The molecule has 0 N–H and O–H groups in total. The Bertz CT molecular complexity index is 729. The van der Waals surface area contributed by atoms with Crippen LogP contribution >= 0.6 is 11.6 Å². The van der Waals surface area contributed by atoms with Crippen molar-refractivity contribution >= 4 is 23.1 Å². The van der Waals surface area contributed by atoms with Crippen LogP contribution in [0, 0.1) is 0 Å². The SMILES string of the molecule is CCC1CN(Cc2cccc(Cl)c2)c2cc(C(C)=O)ccc2O1. The molecule has 120 valence electrons. The predicted octanol–water partition coefficient (Wildman–Crippen LogP) is 4.72. The Labute approximate surface area is 141 Å². The summed E-state index contributed by atoms with van der Waals surface area (Å²) in [5.41, 5.74) is 2.83. The highest BCUT2D eigenvalue weighted by Gasteiger charge is 2.25. The van der Waals surface area contributed by atoms with Crippen molar-refractivity contribution in [3.8, 4) is 5.75 Å². The highest BCUT2D eigenvalue weighted by Crippen LogP contribution is 2.36. The van der Waals surface area contributed by atoms with Crippen LogP contribution in [0.1, 0.15) is 36.2 Å². The van der Waals surface area contributed by atoms with Gasteiger partial charge in [-0.25, -0.2) is 0 Å². The van der Waals surface area contributed by atoms with E-state index in [0.717, 1.165) is 41.5 Å². The van der Waals surface area contributed by atoms with E-state index in [9.17, 15) is 4.79 Å². The molecule has 3 nitrogen and oxygen atoms in total. The number of carbonyl (C=O) groups excluding carboxylic acids is 1. The van der Waals surface area contributed by atoms with E-state index < -0.39 is 0 Å². The third-order valence-electron chi connectivity index (χ3n) is 4.14. The third kappa shape index (κ3) is 3.50. The molecular formula is C19H20ClNO2. The number of Topliss-reactive ketones (excluding diaryl/α,β-unsaturated/α-hetero) is 1. The lowest BCUT2D eigenvalue weighted by atomic mass is 10.1. The van der Waals surface area contributed by atoms with Gasteiger partial charge in [0.25, 0.3) is 0 Å². The lowest BCUT2D eigenvalue weighted by molar-refractivity contribution is 0.101. The molecule has 0 aromatic heterocycles. The molecule has 2 aromatic rings. The van der Waals surface area contributed by atoms with Crippen LogP contribution in [0.4, 0.5) is 5.69 Å². The first-order valence-corrected chi connectivity index (χ1v) is 8.25. The van der Waals surface area contributed by atoms with Gasteiger partial charge in [0.1, 0.15) is 11.9 Å². The number of rotatable bonds is 4. The van der Waals surface area contributed by atoms with Gasteiger partial charge in [-0.3, -0.25) is 4.79 Å². The first kappa shape index (κ1) is 15.9. The van der Waals surface area contributed by atoms with Gasteiger partial charge in [0.2, 0.25) is 0 Å². The van der Waals surface area contributed by atoms with E-state index in [1.807, 2.05) is 36.4 Å². The highest BCUT2D eigenvalue weighted by molar-refractivity contribution is 6.30. The van der Waals surface area contributed by atoms with E-state index in [1.54, 1.807) is 6.92 Å². The zero-order valence-corrected chi connectivity index (χ0v) is 14.1. The van der Waals surface area contributed by atoms with Crippen LogP contribution in [0.3, 0.4) is 0 Å². The van der Waals surface area contributed by atoms with E-state index in [0.29, 0.717) is 5.56 Å². The van der Waals surface area contributed by atoms with E-state index in [-0.39, 0.29) is 11.9 Å². The van der Waals surface area contributed by atoms with Crippen molar-refractivity contribution in [2.75, 3.05) is 11.4 Å². The van der Waals surface area contributed by atoms with E-state index in [2.05, 4.69) is 17.9 Å². The zero-order valence-electron chi connectivity index (χ0n) is 13.4. The fourth-order valence-corrected chi connectivity index (χ4v) is 3.07. The van der Waals surface area contributed by atoms with Crippen LogP contribution in [0.25, 0.3) is 0 Å². The molecule has 23 heavy (non-hydrogen) atoms. The van der Waals surface area contributed by atoms with E-state index in [4.69, 9.17) is 16.3 Å². The van der Waals surface area contributed by atoms with Gasteiger partial charge in [-0.15, -0.1) is 0 Å². The maximum Gasteiger partial charge on any atom is 0.159 e. The average molecular weight is 330 g/mol. The lowest BCUT2D eigenvalue weighted by Crippen LogP contribution is -2.39. The van der Waals surface area contributed by atoms with Gasteiger partial charge in [0.15, 0.2) is 5.78 Å². The quantitative estimate of drug-likeness (QED) is 0.760. The van der Waals surface area contributed by atoms with Gasteiger partial charge in [-0.05, 0) is 49.2 Å². The molecular weight excluding hydrogens is 310 g/mol. The Kier molecular flexibility index (Phi) is 4.58. The summed E-state index contributed by atoms with van der Waals surface area (Å²) in [4.78, 5) is 14.0. The molecule has 0 saturated heterocycles. The largest absolute Gasteiger partial charge is 0.486 e. The topological polar surface area (TPSA) is 29.5 Å². The van der Waals surface area contributed by atoms with Crippen molar-refractivity contribution < 1.29 is 9.53 Å². The summed E-state index contributed by atoms with van der Waals surface area (Å²) in [6.45, 7) is 5.25. The number of carbonyl (C=O) groups is 1. The fraction of sp³-hybridized carbons (Fsp3) is 0.316. The normalized spacial score (nSPS) is 16.7. The number of anilines is 1. The Balaban J connectivity index is 1.95. The molecule has 0 aliphatic carbocycles. The minimum atomic E-state index is 0.0631. The maximum absolute atomic E-state index is 11.7. The summed E-state index contributed by atoms with van der Waals surface area (Å²) in [5, 5.41) is 0.737. The van der Waals surface area contributed by atoms with Crippen LogP contribution in [0.15, 0.2) is 42.5 Å². The maximum atomic E-state index is 11.7. The number of fused-ring (bicyclic) bond motifs is 1. The minimum absolute atomic E-state index is 0.0631. The molecule has 1 unspecified atom stereocenters. The Morgan fingerprint density at radius 3 is 2.83 bits per heavy atom. The summed E-state index contributed by atoms with van der Waals surface area (Å²) in [5.74, 6) is 0.906. The second kappa shape index (κ2) is 6.63. The lowest BCUT2D eigenvalue weighted by Gasteiger charge is -2.36. The van der Waals surface area contributed by atoms with Crippen LogP contribution in [-0.2, 0) is 6.54 Å². The third-order valence-corrected chi connectivity index (χ3v) is 4.38. The number of hydrogen-bond donors (Lipinski definition) is 0. The second-order valence-corrected chi connectivity index (χ2v) is 6.33. The fourth-order valence-electron chi connectivity index (χ4n) is 2.86. The van der Waals surface area contributed by atoms with Crippen LogP contribution in [-0.4, -0.2) is 18.4 Å². The summed E-state index contributed by atoms with van der Waals surface area (Å²) in [6.07, 6.45) is 1.10. The smallest absolute Gasteiger partial charge is 0.159 e. The van der Waals surface area contributed by atoms with Gasteiger partial charge in [0.05, 0.1) is 12.2 Å². The highest BCUT2D eigenvalue weighted by atomic mass is 35.5. The first-order chi connectivity index (χ1) is 11.1. The molecule has 0 bridgehead atoms. The van der Waals surface area contributed by atoms with Crippen molar-refractivity contribution in [3.05, 3.63) is 58.6 Å². The van der Waals surface area contributed by atoms with Crippen molar-refractivity contribution in [3.63, 3.8) is 0 Å². The van der Waals surface area contributed by atoms with Crippen molar-refractivity contribution in [2.24, 2.45) is 0 Å². The molecule has 0 fully saturated rings. The standard InChI is InChI=1S/C19H20ClNO2/c1-3-17-12-21(11-14-5-4-6-16(20)9-14)18-10-15(13(2)22)7-8-19(18)23-17/h4-10,17H,3,11-12H2,1-2H3. The van der Waals surface area contributed by atoms with Gasteiger partial charge < -0.3 is 9.64 Å². The first-order valence-electron chi connectivity index (χ1n) is 7.88. The van der Waals surface area contributed by atoms with Crippen LogP contribution in [0.2, 0.25) is 5.02 Å². The molecule has 1 aliphatic heterocycles. The van der Waals surface area contributed by atoms with Gasteiger partial charge in [-0.2, -0.15) is 0 Å². The van der Waals surface area contributed by atoms with Crippen molar-refractivity contribution in [2.45, 2.75) is 32.9 Å². The van der Waals surface area contributed by atoms with E-state index >= 15 is 0 Å². The summed E-state index contributed by atoms with van der Waals surface area (Å²) < 4.78 is 6.03. The molecule has 0 radical (unpaired) electrons. The summed E-state index contributed by atoms with van der Waals surface area (Å²) >= 11 is 6.10. The molecule has 1 aliphatic rings. The number of ketones is 1. The molecule has 0 amide bonds. The Morgan fingerprint density at radius 2 is 2.13 bits per heavy atom. The van der Waals surface area contributed by atoms with Crippen LogP contribution < -0.4 is 9.64 Å². The monoisotopic (exact) mass is 329 g/mol. The predicted molar refractivity (Wildman–Crippen MR) is 93.7 cm³/mol. The molecule has 3 rings (SSSR count). The second-order valence-electron chi connectivity index (χ2n) is 5.90. The number of benzene rings is 2. The number of nitrogens with zero attached hydrogens (tertiary/aromatic N) is 1. The average Bonchev–Trinajstić information content (AvgIpc) is 2.54. The Morgan fingerprint density at radius 1 is 1.30 bits per heavy atom.